The van der Waals surface area contributed by atoms with Gasteiger partial charge in [-0.3, -0.25) is 14.5 Å². The van der Waals surface area contributed by atoms with E-state index in [1.165, 1.54) is 23.7 Å². The predicted molar refractivity (Wildman–Crippen MR) is 60.7 cm³/mol. The van der Waals surface area contributed by atoms with E-state index < -0.39 is 0 Å². The third-order valence-electron chi connectivity index (χ3n) is 2.75. The Bertz CT molecular complexity index is 361. The average Bonchev–Trinajstić information content (AvgIpc) is 2.54. The van der Waals surface area contributed by atoms with Gasteiger partial charge in [0.2, 0.25) is 0 Å². The van der Waals surface area contributed by atoms with Crippen LogP contribution in [0.1, 0.15) is 0 Å². The SMILES string of the molecule is CSC1=C(N2CCOCC2)C(=O)N(C)C1=O. The Hall–Kier alpha value is -1.01. The standard InChI is InChI=1S/C10H14N2O3S/c1-11-9(13)7(8(16-2)10(11)14)12-3-5-15-6-4-12/h3-6H2,1-2H3. The highest BCUT2D eigenvalue weighted by Gasteiger charge is 2.38. The minimum atomic E-state index is -0.198. The molecule has 2 aliphatic heterocycles. The molecule has 16 heavy (non-hydrogen) atoms. The molecule has 0 radical (unpaired) electrons. The lowest BCUT2D eigenvalue weighted by molar-refractivity contribution is -0.136. The van der Waals surface area contributed by atoms with Crippen molar-refractivity contribution in [3.8, 4) is 0 Å². The molecule has 0 saturated carbocycles. The van der Waals surface area contributed by atoms with Gasteiger partial charge in [0.05, 0.1) is 13.2 Å². The number of carbonyl (C=O) groups is 2. The molecule has 0 bridgehead atoms. The molecule has 88 valence electrons. The van der Waals surface area contributed by atoms with E-state index in [0.717, 1.165) is 0 Å². The number of hydrogen-bond acceptors (Lipinski definition) is 5. The van der Waals surface area contributed by atoms with E-state index in [4.69, 9.17) is 4.74 Å². The van der Waals surface area contributed by atoms with Gasteiger partial charge >= 0.3 is 0 Å². The number of likely N-dealkylation sites (N-methyl/N-ethyl adjacent to an activating group) is 1. The van der Waals surface area contributed by atoms with Gasteiger partial charge in [0.1, 0.15) is 10.6 Å². The van der Waals surface area contributed by atoms with E-state index in [1.807, 2.05) is 11.2 Å². The predicted octanol–water partition coefficient (Wildman–Crippen LogP) is -0.108. The number of morpholine rings is 1. The topological polar surface area (TPSA) is 49.9 Å². The number of carbonyl (C=O) groups excluding carboxylic acids is 2. The van der Waals surface area contributed by atoms with E-state index in [0.29, 0.717) is 36.9 Å². The van der Waals surface area contributed by atoms with Crippen molar-refractivity contribution in [2.75, 3.05) is 39.6 Å². The zero-order valence-electron chi connectivity index (χ0n) is 9.36. The van der Waals surface area contributed by atoms with Crippen molar-refractivity contribution in [2.45, 2.75) is 0 Å². The Morgan fingerprint density at radius 3 is 2.38 bits per heavy atom. The first-order chi connectivity index (χ1) is 7.66. The molecule has 0 aliphatic carbocycles. The largest absolute Gasteiger partial charge is 0.378 e. The van der Waals surface area contributed by atoms with Gasteiger partial charge in [-0.15, -0.1) is 11.8 Å². The van der Waals surface area contributed by atoms with Gasteiger partial charge in [0.15, 0.2) is 0 Å². The second kappa shape index (κ2) is 4.47. The summed E-state index contributed by atoms with van der Waals surface area (Å²) in [5.74, 6) is -0.393. The molecular weight excluding hydrogens is 228 g/mol. The van der Waals surface area contributed by atoms with Crippen molar-refractivity contribution in [3.05, 3.63) is 10.6 Å². The molecule has 0 spiro atoms. The lowest BCUT2D eigenvalue weighted by atomic mass is 10.3. The molecule has 2 heterocycles. The van der Waals surface area contributed by atoms with Crippen molar-refractivity contribution < 1.29 is 14.3 Å². The second-order valence-corrected chi connectivity index (χ2v) is 4.47. The third-order valence-corrected chi connectivity index (χ3v) is 3.53. The highest BCUT2D eigenvalue weighted by Crippen LogP contribution is 2.29. The summed E-state index contributed by atoms with van der Waals surface area (Å²) in [5.41, 5.74) is 0.545. The van der Waals surface area contributed by atoms with Gasteiger partial charge < -0.3 is 9.64 Å². The Morgan fingerprint density at radius 1 is 1.19 bits per heavy atom. The molecule has 2 rings (SSSR count). The van der Waals surface area contributed by atoms with Gasteiger partial charge in [-0.1, -0.05) is 0 Å². The summed E-state index contributed by atoms with van der Waals surface area (Å²) < 4.78 is 5.24. The van der Waals surface area contributed by atoms with Crippen LogP contribution in [-0.2, 0) is 14.3 Å². The summed E-state index contributed by atoms with van der Waals surface area (Å²) in [4.78, 5) is 27.4. The van der Waals surface area contributed by atoms with Crippen LogP contribution < -0.4 is 0 Å². The first-order valence-electron chi connectivity index (χ1n) is 5.10. The lowest BCUT2D eigenvalue weighted by Crippen LogP contribution is -2.39. The molecule has 0 aromatic rings. The Morgan fingerprint density at radius 2 is 1.81 bits per heavy atom. The lowest BCUT2D eigenvalue weighted by Gasteiger charge is -2.29. The Balaban J connectivity index is 2.31. The summed E-state index contributed by atoms with van der Waals surface area (Å²) in [5, 5.41) is 0. The smallest absolute Gasteiger partial charge is 0.278 e. The molecule has 0 unspecified atom stereocenters. The van der Waals surface area contributed by atoms with Crippen LogP contribution in [0.3, 0.4) is 0 Å². The first kappa shape index (κ1) is 11.5. The van der Waals surface area contributed by atoms with E-state index in [2.05, 4.69) is 0 Å². The zero-order valence-corrected chi connectivity index (χ0v) is 10.2. The fraction of sp³-hybridized carbons (Fsp3) is 0.600. The molecule has 0 N–H and O–H groups in total. The van der Waals surface area contributed by atoms with Crippen LogP contribution >= 0.6 is 11.8 Å². The summed E-state index contributed by atoms with van der Waals surface area (Å²) in [6, 6.07) is 0. The van der Waals surface area contributed by atoms with Crippen LogP contribution in [0.15, 0.2) is 10.6 Å². The van der Waals surface area contributed by atoms with Crippen molar-refractivity contribution in [1.82, 2.24) is 9.80 Å². The molecule has 1 saturated heterocycles. The van der Waals surface area contributed by atoms with Crippen LogP contribution in [0.2, 0.25) is 0 Å². The summed E-state index contributed by atoms with van der Waals surface area (Å²) >= 11 is 1.33. The maximum absolute atomic E-state index is 11.9. The normalized spacial score (nSPS) is 22.4. The summed E-state index contributed by atoms with van der Waals surface area (Å²) in [6.07, 6.45) is 1.82. The molecule has 1 fully saturated rings. The molecule has 0 aromatic heterocycles. The van der Waals surface area contributed by atoms with Crippen molar-refractivity contribution in [2.24, 2.45) is 0 Å². The molecule has 2 aliphatic rings. The molecule has 0 aromatic carbocycles. The van der Waals surface area contributed by atoms with E-state index in [1.54, 1.807) is 0 Å². The van der Waals surface area contributed by atoms with Gasteiger partial charge in [-0.05, 0) is 6.26 Å². The highest BCUT2D eigenvalue weighted by molar-refractivity contribution is 8.03. The highest BCUT2D eigenvalue weighted by atomic mass is 32.2. The number of rotatable bonds is 2. The van der Waals surface area contributed by atoms with Gasteiger partial charge in [-0.2, -0.15) is 0 Å². The minimum absolute atomic E-state index is 0.195. The molecule has 2 amide bonds. The fourth-order valence-electron chi connectivity index (χ4n) is 1.85. The first-order valence-corrected chi connectivity index (χ1v) is 6.32. The van der Waals surface area contributed by atoms with Crippen LogP contribution in [0, 0.1) is 0 Å². The number of nitrogens with zero attached hydrogens (tertiary/aromatic N) is 2. The van der Waals surface area contributed by atoms with Gasteiger partial charge in [-0.25, -0.2) is 0 Å². The number of thioether (sulfide) groups is 1. The molecule has 6 heteroatoms. The number of imide groups is 1. The van der Waals surface area contributed by atoms with Crippen molar-refractivity contribution in [3.63, 3.8) is 0 Å². The molecular formula is C10H14N2O3S. The van der Waals surface area contributed by atoms with E-state index in [-0.39, 0.29) is 11.8 Å². The third kappa shape index (κ3) is 1.72. The fourth-order valence-corrected chi connectivity index (χ4v) is 2.57. The quantitative estimate of drug-likeness (QED) is 0.632. The number of amides is 2. The number of hydrogen-bond donors (Lipinski definition) is 0. The van der Waals surface area contributed by atoms with Crippen LogP contribution in [0.4, 0.5) is 0 Å². The van der Waals surface area contributed by atoms with Crippen molar-refractivity contribution >= 4 is 23.6 Å². The van der Waals surface area contributed by atoms with Gasteiger partial charge in [0, 0.05) is 20.1 Å². The second-order valence-electron chi connectivity index (χ2n) is 3.65. The van der Waals surface area contributed by atoms with Crippen LogP contribution in [0.5, 0.6) is 0 Å². The summed E-state index contributed by atoms with van der Waals surface area (Å²) in [7, 11) is 1.52. The maximum Gasteiger partial charge on any atom is 0.278 e. The Kier molecular flexibility index (Phi) is 3.20. The van der Waals surface area contributed by atoms with E-state index >= 15 is 0 Å². The van der Waals surface area contributed by atoms with Crippen LogP contribution in [0.25, 0.3) is 0 Å². The molecule has 0 atom stereocenters. The van der Waals surface area contributed by atoms with Crippen LogP contribution in [-0.4, -0.2) is 61.2 Å². The zero-order chi connectivity index (χ0) is 11.7. The van der Waals surface area contributed by atoms with Gasteiger partial charge in [0.25, 0.3) is 11.8 Å². The maximum atomic E-state index is 11.9. The monoisotopic (exact) mass is 242 g/mol. The molecule has 5 nitrogen and oxygen atoms in total. The average molecular weight is 242 g/mol. The van der Waals surface area contributed by atoms with E-state index in [9.17, 15) is 9.59 Å². The number of ether oxygens (including phenoxy) is 1. The summed E-state index contributed by atoms with van der Waals surface area (Å²) in [6.45, 7) is 2.56. The Labute approximate surface area is 98.4 Å². The van der Waals surface area contributed by atoms with Crippen molar-refractivity contribution in [1.29, 1.82) is 0 Å². The minimum Gasteiger partial charge on any atom is -0.378 e.